The molecule has 0 saturated carbocycles. The third-order valence-electron chi connectivity index (χ3n) is 11.8. The number of nitrogens with one attached hydrogen (secondary N) is 2. The first-order chi connectivity index (χ1) is 26.8. The zero-order valence-corrected chi connectivity index (χ0v) is 38.4. The molecule has 328 valence electrons. The predicted octanol–water partition coefficient (Wildman–Crippen LogP) is 13.6. The van der Waals surface area contributed by atoms with E-state index in [9.17, 15) is 9.59 Å². The summed E-state index contributed by atoms with van der Waals surface area (Å²) in [5, 5.41) is 6.34. The number of nitrogens with zero attached hydrogens (tertiary/aromatic N) is 2. The minimum absolute atomic E-state index is 0.178. The van der Waals surface area contributed by atoms with E-state index < -0.39 is 0 Å². The predicted molar refractivity (Wildman–Crippen MR) is 243 cm³/mol. The average molecular weight is 777 g/mol. The first-order valence-corrected chi connectivity index (χ1v) is 24.8. The second-order valence-electron chi connectivity index (χ2n) is 17.7. The summed E-state index contributed by atoms with van der Waals surface area (Å²) in [6.45, 7) is 18.5. The molecule has 0 unspecified atom stereocenters. The van der Waals surface area contributed by atoms with Crippen molar-refractivity contribution < 1.29 is 9.59 Å². The molecule has 0 aliphatic rings. The smallest absolute Gasteiger partial charge is 0.221 e. The summed E-state index contributed by atoms with van der Waals surface area (Å²) < 4.78 is 0. The lowest BCUT2D eigenvalue weighted by molar-refractivity contribution is -0.122. The summed E-state index contributed by atoms with van der Waals surface area (Å²) in [6.07, 6.45) is 43.5. The van der Waals surface area contributed by atoms with Crippen LogP contribution >= 0.6 is 0 Å². The second kappa shape index (κ2) is 42.5. The Morgan fingerprint density at radius 3 is 0.782 bits per heavy atom. The molecule has 0 aromatic carbocycles. The lowest BCUT2D eigenvalue weighted by Crippen LogP contribution is -2.43. The summed E-state index contributed by atoms with van der Waals surface area (Å²) in [7, 11) is 0. The van der Waals surface area contributed by atoms with Crippen LogP contribution in [0.5, 0.6) is 0 Å². The van der Waals surface area contributed by atoms with E-state index in [-0.39, 0.29) is 11.8 Å². The van der Waals surface area contributed by atoms with Crippen LogP contribution in [0.3, 0.4) is 0 Å². The van der Waals surface area contributed by atoms with E-state index in [1.54, 1.807) is 0 Å². The Balaban J connectivity index is 3.84. The fraction of sp³-hybridized carbons (Fsp3) is 0.959. The molecule has 6 nitrogen and oxygen atoms in total. The van der Waals surface area contributed by atoms with E-state index in [2.05, 4.69) is 62.0 Å². The molecule has 0 heterocycles. The maximum atomic E-state index is 12.6. The highest BCUT2D eigenvalue weighted by Crippen LogP contribution is 2.15. The fourth-order valence-corrected chi connectivity index (χ4v) is 7.81. The van der Waals surface area contributed by atoms with Crippen molar-refractivity contribution in [1.29, 1.82) is 0 Å². The first kappa shape index (κ1) is 53.9. The van der Waals surface area contributed by atoms with Crippen LogP contribution < -0.4 is 10.6 Å². The van der Waals surface area contributed by atoms with Crippen molar-refractivity contribution in [3.63, 3.8) is 0 Å². The van der Waals surface area contributed by atoms with Gasteiger partial charge in [-0.25, -0.2) is 0 Å². The molecule has 2 N–H and O–H groups in total. The van der Waals surface area contributed by atoms with Gasteiger partial charge in [0.1, 0.15) is 0 Å². The SMILES string of the molecule is CCCCCCCCCCCCCCCCCCNC(=O)CCN(CCN(CCC(=O)NCCCCCCCCCCCCCCCCC)C(C)C)C(C)C. The summed E-state index contributed by atoms with van der Waals surface area (Å²) >= 11 is 0. The third kappa shape index (κ3) is 39.5. The van der Waals surface area contributed by atoms with Gasteiger partial charge in [0.05, 0.1) is 0 Å². The Morgan fingerprint density at radius 1 is 0.345 bits per heavy atom. The summed E-state index contributed by atoms with van der Waals surface area (Å²) in [5.74, 6) is 0.357. The molecule has 0 bridgehead atoms. The molecule has 2 amide bonds. The van der Waals surface area contributed by atoms with Gasteiger partial charge >= 0.3 is 0 Å². The Kier molecular flexibility index (Phi) is 41.6. The van der Waals surface area contributed by atoms with E-state index in [0.29, 0.717) is 24.9 Å². The zero-order valence-electron chi connectivity index (χ0n) is 38.4. The average Bonchev–Trinajstić information content (AvgIpc) is 3.16. The lowest BCUT2D eigenvalue weighted by Gasteiger charge is -2.32. The standard InChI is InChI=1S/C49H100N4O2/c1-7-9-11-13-15-17-19-21-23-25-27-29-31-33-35-37-41-51-49(55)39-43-53(47(5)6)45-44-52(46(3)4)42-38-48(54)50-40-36-34-32-30-28-26-24-22-20-18-16-14-12-10-8-2/h46-47H,7-45H2,1-6H3,(H,50,54)(H,51,55). The number of rotatable bonds is 44. The van der Waals surface area contributed by atoms with Crippen LogP contribution in [0.25, 0.3) is 0 Å². The highest BCUT2D eigenvalue weighted by molar-refractivity contribution is 5.76. The molecule has 6 heteroatoms. The maximum absolute atomic E-state index is 12.6. The molecule has 0 rings (SSSR count). The zero-order chi connectivity index (χ0) is 40.5. The summed E-state index contributed by atoms with van der Waals surface area (Å²) in [5.41, 5.74) is 0. The van der Waals surface area contributed by atoms with Crippen molar-refractivity contribution >= 4 is 11.8 Å². The minimum Gasteiger partial charge on any atom is -0.356 e. The molecular weight excluding hydrogens is 677 g/mol. The molecule has 0 radical (unpaired) electrons. The molecule has 0 aromatic rings. The molecule has 0 aliphatic heterocycles. The van der Waals surface area contributed by atoms with Gasteiger partial charge in [0, 0.05) is 64.2 Å². The topological polar surface area (TPSA) is 64.7 Å². The number of unbranched alkanes of at least 4 members (excludes halogenated alkanes) is 29. The van der Waals surface area contributed by atoms with Crippen LogP contribution in [-0.2, 0) is 9.59 Å². The normalized spacial score (nSPS) is 11.8. The van der Waals surface area contributed by atoms with Crippen LogP contribution in [0.1, 0.15) is 253 Å². The van der Waals surface area contributed by atoms with Crippen LogP contribution in [0.2, 0.25) is 0 Å². The van der Waals surface area contributed by atoms with E-state index in [1.807, 2.05) is 0 Å². The van der Waals surface area contributed by atoms with E-state index in [4.69, 9.17) is 0 Å². The van der Waals surface area contributed by atoms with Crippen molar-refractivity contribution in [2.24, 2.45) is 0 Å². The number of hydrogen-bond acceptors (Lipinski definition) is 4. The number of carbonyl (C=O) groups excluding carboxylic acids is 2. The monoisotopic (exact) mass is 777 g/mol. The van der Waals surface area contributed by atoms with Gasteiger partial charge in [-0.05, 0) is 40.5 Å². The Hall–Kier alpha value is -1.14. The Morgan fingerprint density at radius 2 is 0.564 bits per heavy atom. The first-order valence-electron chi connectivity index (χ1n) is 24.8. The molecule has 0 spiro atoms. The van der Waals surface area contributed by atoms with Gasteiger partial charge in [0.2, 0.25) is 11.8 Å². The summed E-state index contributed by atoms with van der Waals surface area (Å²) in [6, 6.07) is 0.778. The van der Waals surface area contributed by atoms with Gasteiger partial charge in [-0.2, -0.15) is 0 Å². The highest BCUT2D eigenvalue weighted by Gasteiger charge is 2.16. The van der Waals surface area contributed by atoms with Crippen molar-refractivity contribution in [3.8, 4) is 0 Å². The lowest BCUT2D eigenvalue weighted by atomic mass is 10.0. The number of carbonyl (C=O) groups is 2. The second-order valence-corrected chi connectivity index (χ2v) is 17.7. The van der Waals surface area contributed by atoms with Gasteiger partial charge in [0.15, 0.2) is 0 Å². The highest BCUT2D eigenvalue weighted by atomic mass is 16.2. The molecule has 0 saturated heterocycles. The largest absolute Gasteiger partial charge is 0.356 e. The molecule has 0 fully saturated rings. The van der Waals surface area contributed by atoms with Crippen LogP contribution in [-0.4, -0.2) is 73.0 Å². The Bertz CT molecular complexity index is 804. The maximum Gasteiger partial charge on any atom is 0.221 e. The van der Waals surface area contributed by atoms with Gasteiger partial charge in [-0.3, -0.25) is 19.4 Å². The molecule has 0 atom stereocenters. The molecule has 0 aliphatic carbocycles. The number of hydrogen-bond donors (Lipinski definition) is 2. The minimum atomic E-state index is 0.178. The van der Waals surface area contributed by atoms with E-state index >= 15 is 0 Å². The fourth-order valence-electron chi connectivity index (χ4n) is 7.81. The van der Waals surface area contributed by atoms with Crippen LogP contribution in [0.15, 0.2) is 0 Å². The van der Waals surface area contributed by atoms with Gasteiger partial charge in [-0.1, -0.05) is 200 Å². The van der Waals surface area contributed by atoms with Crippen LogP contribution in [0.4, 0.5) is 0 Å². The van der Waals surface area contributed by atoms with E-state index in [0.717, 1.165) is 52.1 Å². The quantitative estimate of drug-likeness (QED) is 0.0605. The molecule has 0 aromatic heterocycles. The van der Waals surface area contributed by atoms with E-state index in [1.165, 1.54) is 186 Å². The van der Waals surface area contributed by atoms with Crippen molar-refractivity contribution in [2.75, 3.05) is 39.3 Å². The van der Waals surface area contributed by atoms with Gasteiger partial charge in [0.25, 0.3) is 0 Å². The summed E-state index contributed by atoms with van der Waals surface area (Å²) in [4.78, 5) is 30.1. The van der Waals surface area contributed by atoms with Gasteiger partial charge < -0.3 is 10.6 Å². The number of amides is 2. The van der Waals surface area contributed by atoms with Crippen LogP contribution in [0, 0.1) is 0 Å². The van der Waals surface area contributed by atoms with Crippen molar-refractivity contribution in [1.82, 2.24) is 20.4 Å². The molecule has 55 heavy (non-hydrogen) atoms. The van der Waals surface area contributed by atoms with Crippen molar-refractivity contribution in [2.45, 2.75) is 266 Å². The van der Waals surface area contributed by atoms with Crippen molar-refractivity contribution in [3.05, 3.63) is 0 Å². The third-order valence-corrected chi connectivity index (χ3v) is 11.8. The molecular formula is C49H100N4O2. The Labute approximate surface area is 345 Å². The van der Waals surface area contributed by atoms with Gasteiger partial charge in [-0.15, -0.1) is 0 Å².